The highest BCUT2D eigenvalue weighted by Crippen LogP contribution is 2.38. The van der Waals surface area contributed by atoms with Crippen molar-refractivity contribution in [1.82, 2.24) is 4.90 Å². The summed E-state index contributed by atoms with van der Waals surface area (Å²) in [5, 5.41) is 2.93. The Bertz CT molecular complexity index is 1250. The third-order valence-corrected chi connectivity index (χ3v) is 6.94. The number of hydrogen-bond acceptors (Lipinski definition) is 4. The van der Waals surface area contributed by atoms with Crippen molar-refractivity contribution in [2.45, 2.75) is 59.1 Å². The highest BCUT2D eigenvalue weighted by molar-refractivity contribution is 5.94. The molecule has 1 aliphatic rings. The predicted molar refractivity (Wildman–Crippen MR) is 151 cm³/mol. The van der Waals surface area contributed by atoms with Crippen molar-refractivity contribution in [3.05, 3.63) is 89.0 Å². The van der Waals surface area contributed by atoms with Gasteiger partial charge in [0.15, 0.2) is 6.10 Å². The van der Waals surface area contributed by atoms with E-state index < -0.39 is 6.10 Å². The molecule has 2 amide bonds. The lowest BCUT2D eigenvalue weighted by molar-refractivity contribution is -0.134. The summed E-state index contributed by atoms with van der Waals surface area (Å²) in [7, 11) is 1.61. The number of nitrogens with one attached hydrogen (secondary N) is 1. The molecule has 0 saturated carbocycles. The van der Waals surface area contributed by atoms with E-state index in [0.717, 1.165) is 23.3 Å². The second-order valence-electron chi connectivity index (χ2n) is 10.3. The fourth-order valence-electron chi connectivity index (χ4n) is 4.89. The number of benzene rings is 3. The van der Waals surface area contributed by atoms with Crippen LogP contribution >= 0.6 is 0 Å². The summed E-state index contributed by atoms with van der Waals surface area (Å²) in [6.45, 7) is 8.82. The number of fused-ring (bicyclic) bond motifs is 1. The van der Waals surface area contributed by atoms with Crippen LogP contribution in [0, 0.1) is 12.8 Å². The Kier molecular flexibility index (Phi) is 8.72. The molecule has 0 fully saturated rings. The average molecular weight is 515 g/mol. The van der Waals surface area contributed by atoms with Gasteiger partial charge in [-0.05, 0) is 78.8 Å². The maximum absolute atomic E-state index is 13.3. The van der Waals surface area contributed by atoms with Gasteiger partial charge in [-0.25, -0.2) is 0 Å². The number of nitrogens with zero attached hydrogens (tertiary/aromatic N) is 1. The van der Waals surface area contributed by atoms with Crippen LogP contribution in [-0.4, -0.2) is 36.5 Å². The normalized spacial score (nSPS) is 15.5. The number of anilines is 1. The number of carbonyl (C=O) groups is 2. The quantitative estimate of drug-likeness (QED) is 0.363. The van der Waals surface area contributed by atoms with Crippen LogP contribution < -0.4 is 14.8 Å². The first-order valence-corrected chi connectivity index (χ1v) is 13.4. The van der Waals surface area contributed by atoms with E-state index in [-0.39, 0.29) is 23.8 Å². The van der Waals surface area contributed by atoms with Gasteiger partial charge in [-0.15, -0.1) is 0 Å². The van der Waals surface area contributed by atoms with Crippen molar-refractivity contribution < 1.29 is 19.1 Å². The first-order valence-electron chi connectivity index (χ1n) is 13.4. The molecule has 6 heteroatoms. The smallest absolute Gasteiger partial charge is 0.265 e. The van der Waals surface area contributed by atoms with E-state index in [2.05, 4.69) is 56.4 Å². The number of carbonyl (C=O) groups excluding carboxylic acids is 2. The summed E-state index contributed by atoms with van der Waals surface area (Å²) in [5.41, 5.74) is 5.19. The fraction of sp³-hybridized carbons (Fsp3) is 0.375. The summed E-state index contributed by atoms with van der Waals surface area (Å²) < 4.78 is 11.4. The molecular weight excluding hydrogens is 476 g/mol. The summed E-state index contributed by atoms with van der Waals surface area (Å²) in [6, 6.07) is 21.4. The van der Waals surface area contributed by atoms with E-state index >= 15 is 0 Å². The Morgan fingerprint density at radius 3 is 2.32 bits per heavy atom. The molecule has 1 heterocycles. The van der Waals surface area contributed by atoms with Gasteiger partial charge < -0.3 is 19.7 Å². The maximum atomic E-state index is 13.3. The van der Waals surface area contributed by atoms with E-state index in [1.807, 2.05) is 24.0 Å². The van der Waals surface area contributed by atoms with Gasteiger partial charge in [0.25, 0.3) is 5.91 Å². The first kappa shape index (κ1) is 27.2. The van der Waals surface area contributed by atoms with Crippen molar-refractivity contribution in [1.29, 1.82) is 0 Å². The second kappa shape index (κ2) is 12.2. The molecule has 0 bridgehead atoms. The molecule has 3 aromatic rings. The van der Waals surface area contributed by atoms with Gasteiger partial charge in [-0.1, -0.05) is 56.7 Å². The zero-order valence-corrected chi connectivity index (χ0v) is 23.0. The van der Waals surface area contributed by atoms with Crippen molar-refractivity contribution in [2.75, 3.05) is 19.0 Å². The van der Waals surface area contributed by atoms with Crippen LogP contribution in [0.3, 0.4) is 0 Å². The minimum atomic E-state index is -0.657. The van der Waals surface area contributed by atoms with Gasteiger partial charge in [0, 0.05) is 18.7 Å². The molecule has 2 atom stereocenters. The molecule has 0 radical (unpaired) electrons. The summed E-state index contributed by atoms with van der Waals surface area (Å²) in [5.74, 6) is 1.58. The Labute approximate surface area is 226 Å². The lowest BCUT2D eigenvalue weighted by atomic mass is 9.87. The topological polar surface area (TPSA) is 67.9 Å². The highest BCUT2D eigenvalue weighted by Gasteiger charge is 2.33. The third-order valence-electron chi connectivity index (χ3n) is 6.94. The molecule has 0 spiro atoms. The van der Waals surface area contributed by atoms with Gasteiger partial charge in [0.05, 0.1) is 13.2 Å². The molecular formula is C32H38N2O4. The Hall–Kier alpha value is -3.80. The molecule has 2 unspecified atom stereocenters. The molecule has 0 aromatic heterocycles. The monoisotopic (exact) mass is 514 g/mol. The van der Waals surface area contributed by atoms with Crippen LogP contribution in [0.25, 0.3) is 0 Å². The molecule has 4 rings (SSSR count). The standard InChI is InChI=1S/C32H38N2O4/c1-6-29(32(36)33-25-12-15-26(37-5)16-13-25)38-27-14-11-23-17-18-34(30(35)19-21(2)3)31(28(23)20-27)24-9-7-22(4)8-10-24/h7-16,20-21,29,31H,6,17-19H2,1-5H3,(H,33,36). The number of methoxy groups -OCH3 is 1. The van der Waals surface area contributed by atoms with Crippen molar-refractivity contribution in [2.24, 2.45) is 5.92 Å². The fourth-order valence-corrected chi connectivity index (χ4v) is 4.89. The molecule has 3 aromatic carbocycles. The van der Waals surface area contributed by atoms with Crippen molar-refractivity contribution in [3.8, 4) is 11.5 Å². The third kappa shape index (κ3) is 6.36. The van der Waals surface area contributed by atoms with Crippen LogP contribution in [0.5, 0.6) is 11.5 Å². The number of rotatable bonds is 9. The minimum Gasteiger partial charge on any atom is -0.497 e. The van der Waals surface area contributed by atoms with Crippen LogP contribution in [0.15, 0.2) is 66.7 Å². The van der Waals surface area contributed by atoms with Crippen LogP contribution in [0.2, 0.25) is 0 Å². The van der Waals surface area contributed by atoms with Gasteiger partial charge in [0.2, 0.25) is 5.91 Å². The molecule has 0 aliphatic carbocycles. The second-order valence-corrected chi connectivity index (χ2v) is 10.3. The van der Waals surface area contributed by atoms with Gasteiger partial charge in [0.1, 0.15) is 11.5 Å². The van der Waals surface area contributed by atoms with Gasteiger partial charge in [-0.3, -0.25) is 9.59 Å². The molecule has 6 nitrogen and oxygen atoms in total. The van der Waals surface area contributed by atoms with Gasteiger partial charge in [-0.2, -0.15) is 0 Å². The molecule has 38 heavy (non-hydrogen) atoms. The molecule has 1 N–H and O–H groups in total. The average Bonchev–Trinajstić information content (AvgIpc) is 2.91. The number of amides is 2. The van der Waals surface area contributed by atoms with Crippen LogP contribution in [-0.2, 0) is 16.0 Å². The van der Waals surface area contributed by atoms with E-state index in [1.165, 1.54) is 11.1 Å². The van der Waals surface area contributed by atoms with Crippen molar-refractivity contribution >= 4 is 17.5 Å². The van der Waals surface area contributed by atoms with Crippen molar-refractivity contribution in [3.63, 3.8) is 0 Å². The van der Waals surface area contributed by atoms with E-state index in [9.17, 15) is 9.59 Å². The molecule has 1 aliphatic heterocycles. The maximum Gasteiger partial charge on any atom is 0.265 e. The zero-order chi connectivity index (χ0) is 27.2. The van der Waals surface area contributed by atoms with Crippen LogP contribution in [0.4, 0.5) is 5.69 Å². The zero-order valence-electron chi connectivity index (χ0n) is 23.0. The lowest BCUT2D eigenvalue weighted by Crippen LogP contribution is -2.41. The molecule has 200 valence electrons. The Morgan fingerprint density at radius 2 is 1.68 bits per heavy atom. The first-order chi connectivity index (χ1) is 18.3. The summed E-state index contributed by atoms with van der Waals surface area (Å²) >= 11 is 0. The minimum absolute atomic E-state index is 0.160. The van der Waals surface area contributed by atoms with Gasteiger partial charge >= 0.3 is 0 Å². The van der Waals surface area contributed by atoms with Crippen LogP contribution in [0.1, 0.15) is 61.9 Å². The summed E-state index contributed by atoms with van der Waals surface area (Å²) in [6.07, 6.45) is 1.16. The largest absolute Gasteiger partial charge is 0.497 e. The SMILES string of the molecule is CCC(Oc1ccc2c(c1)C(c1ccc(C)cc1)N(C(=O)CC(C)C)CC2)C(=O)Nc1ccc(OC)cc1. The highest BCUT2D eigenvalue weighted by atomic mass is 16.5. The lowest BCUT2D eigenvalue weighted by Gasteiger charge is -2.38. The van der Waals surface area contributed by atoms with E-state index in [1.54, 1.807) is 31.4 Å². The number of aryl methyl sites for hydroxylation is 1. The predicted octanol–water partition coefficient (Wildman–Crippen LogP) is 6.32. The Morgan fingerprint density at radius 1 is 1.00 bits per heavy atom. The van der Waals surface area contributed by atoms with E-state index in [4.69, 9.17) is 9.47 Å². The molecule has 0 saturated heterocycles. The summed E-state index contributed by atoms with van der Waals surface area (Å²) in [4.78, 5) is 28.4. The Balaban J connectivity index is 1.60. The van der Waals surface area contributed by atoms with E-state index in [0.29, 0.717) is 30.8 Å². The number of ether oxygens (including phenoxy) is 2. The number of hydrogen-bond donors (Lipinski definition) is 1.